The first kappa shape index (κ1) is 18.6. The van der Waals surface area contributed by atoms with Gasteiger partial charge in [-0.3, -0.25) is 9.59 Å². The third-order valence-electron chi connectivity index (χ3n) is 4.66. The summed E-state index contributed by atoms with van der Waals surface area (Å²) in [5, 5.41) is 7.60. The number of fused-ring (bicyclic) bond motifs is 1. The molecule has 6 heteroatoms. The number of hydrogen-bond acceptors (Lipinski definition) is 3. The highest BCUT2D eigenvalue weighted by Crippen LogP contribution is 2.32. The van der Waals surface area contributed by atoms with E-state index in [1.165, 1.54) is 22.6 Å². The SMILES string of the molecule is CC1CCc2c(C(=O)NCCNC(=O)Cc3ccc(F)cc3)csc2C1. The molecule has 0 radical (unpaired) electrons. The molecule has 2 aromatic rings. The molecule has 0 saturated heterocycles. The van der Waals surface area contributed by atoms with Crippen molar-refractivity contribution in [2.24, 2.45) is 5.92 Å². The zero-order valence-corrected chi connectivity index (χ0v) is 15.6. The quantitative estimate of drug-likeness (QED) is 0.764. The van der Waals surface area contributed by atoms with Crippen LogP contribution < -0.4 is 10.6 Å². The van der Waals surface area contributed by atoms with Gasteiger partial charge in [0.1, 0.15) is 5.82 Å². The molecular weight excluding hydrogens is 351 g/mol. The van der Waals surface area contributed by atoms with Gasteiger partial charge in [0, 0.05) is 23.3 Å². The topological polar surface area (TPSA) is 58.2 Å². The van der Waals surface area contributed by atoms with Crippen molar-refractivity contribution in [3.05, 3.63) is 57.0 Å². The van der Waals surface area contributed by atoms with Gasteiger partial charge in [0.15, 0.2) is 0 Å². The van der Waals surface area contributed by atoms with Crippen LogP contribution in [-0.4, -0.2) is 24.9 Å². The fraction of sp³-hybridized carbons (Fsp3) is 0.400. The van der Waals surface area contributed by atoms with Crippen molar-refractivity contribution < 1.29 is 14.0 Å². The van der Waals surface area contributed by atoms with Crippen LogP contribution in [0.5, 0.6) is 0 Å². The second kappa shape index (κ2) is 8.45. The molecule has 0 aliphatic heterocycles. The number of nitrogens with one attached hydrogen (secondary N) is 2. The largest absolute Gasteiger partial charge is 0.354 e. The lowest BCUT2D eigenvalue weighted by Gasteiger charge is -2.18. The molecule has 1 aromatic heterocycles. The zero-order valence-electron chi connectivity index (χ0n) is 14.8. The summed E-state index contributed by atoms with van der Waals surface area (Å²) in [6.07, 6.45) is 3.36. The Morgan fingerprint density at radius 2 is 1.92 bits per heavy atom. The van der Waals surface area contributed by atoms with E-state index in [9.17, 15) is 14.0 Å². The normalized spacial score (nSPS) is 16.0. The van der Waals surface area contributed by atoms with Gasteiger partial charge in [-0.1, -0.05) is 19.1 Å². The molecule has 2 amide bonds. The maximum absolute atomic E-state index is 12.8. The molecule has 3 rings (SSSR count). The zero-order chi connectivity index (χ0) is 18.5. The number of carbonyl (C=O) groups is 2. The number of halogens is 1. The van der Waals surface area contributed by atoms with Gasteiger partial charge in [-0.25, -0.2) is 4.39 Å². The van der Waals surface area contributed by atoms with Gasteiger partial charge in [-0.2, -0.15) is 0 Å². The monoisotopic (exact) mass is 374 g/mol. The van der Waals surface area contributed by atoms with E-state index in [2.05, 4.69) is 17.6 Å². The highest BCUT2D eigenvalue weighted by molar-refractivity contribution is 7.10. The van der Waals surface area contributed by atoms with E-state index in [1.807, 2.05) is 5.38 Å². The molecule has 1 aliphatic carbocycles. The average Bonchev–Trinajstić information content (AvgIpc) is 3.03. The lowest BCUT2D eigenvalue weighted by molar-refractivity contribution is -0.120. The summed E-state index contributed by atoms with van der Waals surface area (Å²) in [4.78, 5) is 25.6. The van der Waals surface area contributed by atoms with Gasteiger partial charge in [0.2, 0.25) is 5.91 Å². The molecule has 1 unspecified atom stereocenters. The number of thiophene rings is 1. The van der Waals surface area contributed by atoms with Crippen molar-refractivity contribution in [3.63, 3.8) is 0 Å². The molecule has 1 atom stereocenters. The van der Waals surface area contributed by atoms with E-state index in [4.69, 9.17) is 0 Å². The van der Waals surface area contributed by atoms with Crippen LogP contribution in [-0.2, 0) is 24.1 Å². The van der Waals surface area contributed by atoms with E-state index < -0.39 is 0 Å². The minimum absolute atomic E-state index is 0.0650. The standard InChI is InChI=1S/C20H23FN2O2S/c1-13-2-7-16-17(12-26-18(16)10-13)20(25)23-9-8-22-19(24)11-14-3-5-15(21)6-4-14/h3-6,12-13H,2,7-11H2,1H3,(H,22,24)(H,23,25). The Balaban J connectivity index is 1.41. The second-order valence-corrected chi connectivity index (χ2v) is 7.77. The number of rotatable bonds is 6. The Labute approximate surface area is 156 Å². The van der Waals surface area contributed by atoms with Gasteiger partial charge in [-0.05, 0) is 48.4 Å². The molecule has 2 N–H and O–H groups in total. The smallest absolute Gasteiger partial charge is 0.252 e. The van der Waals surface area contributed by atoms with Crippen molar-refractivity contribution in [1.29, 1.82) is 0 Å². The molecule has 4 nitrogen and oxygen atoms in total. The highest BCUT2D eigenvalue weighted by atomic mass is 32.1. The van der Waals surface area contributed by atoms with Crippen LogP contribution in [0.15, 0.2) is 29.6 Å². The van der Waals surface area contributed by atoms with Crippen LogP contribution in [0, 0.1) is 11.7 Å². The van der Waals surface area contributed by atoms with Crippen molar-refractivity contribution >= 4 is 23.2 Å². The lowest BCUT2D eigenvalue weighted by atomic mass is 9.88. The summed E-state index contributed by atoms with van der Waals surface area (Å²) >= 11 is 1.67. The van der Waals surface area contributed by atoms with Crippen LogP contribution in [0.25, 0.3) is 0 Å². The summed E-state index contributed by atoms with van der Waals surface area (Å²) in [7, 11) is 0. The van der Waals surface area contributed by atoms with Crippen molar-refractivity contribution in [2.45, 2.75) is 32.6 Å². The third kappa shape index (κ3) is 4.69. The Bertz CT molecular complexity index is 786. The molecule has 0 bridgehead atoms. The maximum atomic E-state index is 12.8. The number of hydrogen-bond donors (Lipinski definition) is 2. The maximum Gasteiger partial charge on any atom is 0.252 e. The molecule has 1 heterocycles. The van der Waals surface area contributed by atoms with Gasteiger partial charge in [0.25, 0.3) is 5.91 Å². The van der Waals surface area contributed by atoms with E-state index in [1.54, 1.807) is 23.5 Å². The Morgan fingerprint density at radius 3 is 2.69 bits per heavy atom. The Hall–Kier alpha value is -2.21. The fourth-order valence-corrected chi connectivity index (χ4v) is 4.44. The predicted octanol–water partition coefficient (Wildman–Crippen LogP) is 3.10. The predicted molar refractivity (Wildman–Crippen MR) is 101 cm³/mol. The van der Waals surface area contributed by atoms with Crippen molar-refractivity contribution in [1.82, 2.24) is 10.6 Å². The van der Waals surface area contributed by atoms with E-state index in [0.29, 0.717) is 19.0 Å². The molecule has 0 saturated carbocycles. The minimum atomic E-state index is -0.318. The summed E-state index contributed by atoms with van der Waals surface area (Å²) < 4.78 is 12.8. The molecule has 1 aromatic carbocycles. The lowest BCUT2D eigenvalue weighted by Crippen LogP contribution is -2.35. The van der Waals surface area contributed by atoms with Gasteiger partial charge < -0.3 is 10.6 Å². The molecule has 1 aliphatic rings. The average molecular weight is 374 g/mol. The Kier molecular flexibility index (Phi) is 6.04. The second-order valence-electron chi connectivity index (χ2n) is 6.81. The summed E-state index contributed by atoms with van der Waals surface area (Å²) in [5.41, 5.74) is 2.74. The molecule has 26 heavy (non-hydrogen) atoms. The van der Waals surface area contributed by atoms with E-state index >= 15 is 0 Å². The Morgan fingerprint density at radius 1 is 1.19 bits per heavy atom. The van der Waals surface area contributed by atoms with Gasteiger partial charge in [0.05, 0.1) is 12.0 Å². The first-order valence-electron chi connectivity index (χ1n) is 8.91. The van der Waals surface area contributed by atoms with Crippen LogP contribution in [0.2, 0.25) is 0 Å². The molecular formula is C20H23FN2O2S. The van der Waals surface area contributed by atoms with Crippen molar-refractivity contribution in [2.75, 3.05) is 13.1 Å². The van der Waals surface area contributed by atoms with E-state index in [0.717, 1.165) is 30.4 Å². The van der Waals surface area contributed by atoms with Crippen LogP contribution >= 0.6 is 11.3 Å². The first-order valence-corrected chi connectivity index (χ1v) is 9.79. The summed E-state index contributed by atoms with van der Waals surface area (Å²) in [6, 6.07) is 5.87. The van der Waals surface area contributed by atoms with Crippen molar-refractivity contribution in [3.8, 4) is 0 Å². The molecule has 0 fully saturated rings. The summed E-state index contributed by atoms with van der Waals surface area (Å²) in [5.74, 6) is 0.160. The fourth-order valence-electron chi connectivity index (χ4n) is 3.19. The van der Waals surface area contributed by atoms with E-state index in [-0.39, 0.29) is 24.1 Å². The van der Waals surface area contributed by atoms with Crippen LogP contribution in [0.4, 0.5) is 4.39 Å². The molecule has 138 valence electrons. The highest BCUT2D eigenvalue weighted by Gasteiger charge is 2.22. The minimum Gasteiger partial charge on any atom is -0.354 e. The number of benzene rings is 1. The number of amides is 2. The number of carbonyl (C=O) groups excluding carboxylic acids is 2. The third-order valence-corrected chi connectivity index (χ3v) is 5.71. The first-order chi connectivity index (χ1) is 12.5. The summed E-state index contributed by atoms with van der Waals surface area (Å²) in [6.45, 7) is 3.00. The van der Waals surface area contributed by atoms with Crippen LogP contribution in [0.3, 0.4) is 0 Å². The van der Waals surface area contributed by atoms with Gasteiger partial charge >= 0.3 is 0 Å². The van der Waals surface area contributed by atoms with Gasteiger partial charge in [-0.15, -0.1) is 11.3 Å². The molecule has 0 spiro atoms. The van der Waals surface area contributed by atoms with Crippen LogP contribution in [0.1, 0.15) is 39.7 Å².